The molecule has 9 heavy (non-hydrogen) atoms. The van der Waals surface area contributed by atoms with Crippen molar-refractivity contribution in [1.29, 1.82) is 0 Å². The molecule has 0 amide bonds. The number of hydrogen-bond donors (Lipinski definition) is 0. The topological polar surface area (TPSA) is 26.3 Å². The Morgan fingerprint density at radius 1 is 1.78 bits per heavy atom. The maximum Gasteiger partial charge on any atom is 0.305 e. The summed E-state index contributed by atoms with van der Waals surface area (Å²) in [5, 5.41) is 0.849. The van der Waals surface area contributed by atoms with Crippen LogP contribution in [0.2, 0.25) is 0 Å². The van der Waals surface area contributed by atoms with Gasteiger partial charge >= 0.3 is 5.97 Å². The lowest BCUT2D eigenvalue weighted by Crippen LogP contribution is -2.07. The standard InChI is InChI=1S/C6H11BrO2/c1-5(4-7)3-6(8)9-2/h5H,3-4H2,1-2H3/t5-/m0/s1. The molecule has 0 heterocycles. The molecule has 0 saturated heterocycles. The van der Waals surface area contributed by atoms with Crippen LogP contribution in [0.15, 0.2) is 0 Å². The van der Waals surface area contributed by atoms with Crippen molar-refractivity contribution in [3.05, 3.63) is 0 Å². The maximum absolute atomic E-state index is 10.5. The minimum absolute atomic E-state index is 0.137. The molecule has 0 aromatic carbocycles. The number of rotatable bonds is 3. The van der Waals surface area contributed by atoms with Gasteiger partial charge in [-0.2, -0.15) is 0 Å². The van der Waals surface area contributed by atoms with Gasteiger partial charge < -0.3 is 4.74 Å². The molecule has 0 radical (unpaired) electrons. The zero-order valence-corrected chi connectivity index (χ0v) is 7.27. The van der Waals surface area contributed by atoms with Crippen LogP contribution in [0.1, 0.15) is 13.3 Å². The molecule has 0 aliphatic carbocycles. The van der Waals surface area contributed by atoms with Crippen LogP contribution in [0.5, 0.6) is 0 Å². The lowest BCUT2D eigenvalue weighted by Gasteiger charge is -2.03. The molecule has 0 bridgehead atoms. The highest BCUT2D eigenvalue weighted by Crippen LogP contribution is 2.05. The number of carbonyl (C=O) groups excluding carboxylic acids is 1. The highest BCUT2D eigenvalue weighted by atomic mass is 79.9. The van der Waals surface area contributed by atoms with Crippen molar-refractivity contribution in [2.75, 3.05) is 12.4 Å². The highest BCUT2D eigenvalue weighted by Gasteiger charge is 2.06. The number of carbonyl (C=O) groups is 1. The van der Waals surface area contributed by atoms with E-state index in [1.807, 2.05) is 6.92 Å². The second-order valence-electron chi connectivity index (χ2n) is 2.04. The molecule has 0 aliphatic rings. The zero-order valence-electron chi connectivity index (χ0n) is 5.69. The number of hydrogen-bond acceptors (Lipinski definition) is 2. The molecule has 0 aliphatic heterocycles. The highest BCUT2D eigenvalue weighted by molar-refractivity contribution is 9.09. The van der Waals surface area contributed by atoms with E-state index in [2.05, 4.69) is 20.7 Å². The summed E-state index contributed by atoms with van der Waals surface area (Å²) >= 11 is 3.26. The molecule has 1 atom stereocenters. The SMILES string of the molecule is COC(=O)C[C@H](C)CBr. The summed E-state index contributed by atoms with van der Waals surface area (Å²) in [6.07, 6.45) is 0.502. The molecular weight excluding hydrogens is 184 g/mol. The van der Waals surface area contributed by atoms with E-state index in [1.54, 1.807) is 0 Å². The first-order chi connectivity index (χ1) is 4.20. The van der Waals surface area contributed by atoms with Crippen LogP contribution in [0, 0.1) is 5.92 Å². The summed E-state index contributed by atoms with van der Waals surface area (Å²) in [5.74, 6) is 0.236. The van der Waals surface area contributed by atoms with Crippen LogP contribution in [-0.2, 0) is 9.53 Å². The Morgan fingerprint density at radius 2 is 2.33 bits per heavy atom. The monoisotopic (exact) mass is 194 g/mol. The molecule has 0 aromatic heterocycles. The predicted octanol–water partition coefficient (Wildman–Crippen LogP) is 1.58. The maximum atomic E-state index is 10.5. The van der Waals surface area contributed by atoms with Gasteiger partial charge in [0.05, 0.1) is 7.11 Å². The van der Waals surface area contributed by atoms with E-state index in [0.717, 1.165) is 5.33 Å². The van der Waals surface area contributed by atoms with Gasteiger partial charge in [0.15, 0.2) is 0 Å². The summed E-state index contributed by atoms with van der Waals surface area (Å²) in [5.41, 5.74) is 0. The van der Waals surface area contributed by atoms with E-state index in [0.29, 0.717) is 12.3 Å². The minimum atomic E-state index is -0.137. The number of halogens is 1. The van der Waals surface area contributed by atoms with Gasteiger partial charge in [-0.25, -0.2) is 0 Å². The predicted molar refractivity (Wildman–Crippen MR) is 39.6 cm³/mol. The van der Waals surface area contributed by atoms with E-state index >= 15 is 0 Å². The van der Waals surface area contributed by atoms with E-state index in [-0.39, 0.29) is 5.97 Å². The molecule has 3 heteroatoms. The van der Waals surface area contributed by atoms with Gasteiger partial charge in [0.2, 0.25) is 0 Å². The van der Waals surface area contributed by atoms with Crippen LogP contribution in [-0.4, -0.2) is 18.4 Å². The lowest BCUT2D eigenvalue weighted by molar-refractivity contribution is -0.141. The molecule has 2 nitrogen and oxygen atoms in total. The van der Waals surface area contributed by atoms with E-state index in [1.165, 1.54) is 7.11 Å². The fraction of sp³-hybridized carbons (Fsp3) is 0.833. The first-order valence-electron chi connectivity index (χ1n) is 2.83. The molecule has 54 valence electrons. The Morgan fingerprint density at radius 3 is 2.67 bits per heavy atom. The van der Waals surface area contributed by atoms with E-state index in [4.69, 9.17) is 0 Å². The number of alkyl halides is 1. The average Bonchev–Trinajstić information content (AvgIpc) is 1.87. The van der Waals surface area contributed by atoms with Crippen LogP contribution >= 0.6 is 15.9 Å². The van der Waals surface area contributed by atoms with Crippen molar-refractivity contribution in [1.82, 2.24) is 0 Å². The first-order valence-corrected chi connectivity index (χ1v) is 3.95. The first kappa shape index (κ1) is 8.95. The van der Waals surface area contributed by atoms with Crippen LogP contribution in [0.4, 0.5) is 0 Å². The van der Waals surface area contributed by atoms with Crippen LogP contribution < -0.4 is 0 Å². The van der Waals surface area contributed by atoms with Gasteiger partial charge in [-0.1, -0.05) is 22.9 Å². The van der Waals surface area contributed by atoms with Crippen molar-refractivity contribution in [2.45, 2.75) is 13.3 Å². The molecule has 0 fully saturated rings. The van der Waals surface area contributed by atoms with Crippen molar-refractivity contribution in [2.24, 2.45) is 5.92 Å². The molecule has 0 saturated carbocycles. The quantitative estimate of drug-likeness (QED) is 0.504. The van der Waals surface area contributed by atoms with Gasteiger partial charge in [-0.3, -0.25) is 4.79 Å². The van der Waals surface area contributed by atoms with E-state index < -0.39 is 0 Å². The normalized spacial score (nSPS) is 12.8. The summed E-state index contributed by atoms with van der Waals surface area (Å²) in [6.45, 7) is 1.99. The number of methoxy groups -OCH3 is 1. The molecule has 0 aromatic rings. The van der Waals surface area contributed by atoms with Gasteiger partial charge in [0, 0.05) is 11.8 Å². The van der Waals surface area contributed by atoms with Crippen molar-refractivity contribution in [3.63, 3.8) is 0 Å². The third kappa shape index (κ3) is 4.45. The van der Waals surface area contributed by atoms with Gasteiger partial charge in [0.1, 0.15) is 0 Å². The number of esters is 1. The van der Waals surface area contributed by atoms with E-state index in [9.17, 15) is 4.79 Å². The fourth-order valence-electron chi connectivity index (χ4n) is 0.422. The van der Waals surface area contributed by atoms with Gasteiger partial charge in [0.25, 0.3) is 0 Å². The minimum Gasteiger partial charge on any atom is -0.469 e. The largest absolute Gasteiger partial charge is 0.469 e. The Hall–Kier alpha value is -0.0500. The summed E-state index contributed by atoms with van der Waals surface area (Å²) in [7, 11) is 1.41. The second kappa shape index (κ2) is 4.79. The lowest BCUT2D eigenvalue weighted by atomic mass is 10.1. The van der Waals surface area contributed by atoms with Gasteiger partial charge in [-0.15, -0.1) is 0 Å². The van der Waals surface area contributed by atoms with Crippen LogP contribution in [0.25, 0.3) is 0 Å². The summed E-state index contributed by atoms with van der Waals surface area (Å²) in [4.78, 5) is 10.5. The summed E-state index contributed by atoms with van der Waals surface area (Å²) in [6, 6.07) is 0. The second-order valence-corrected chi connectivity index (χ2v) is 2.69. The Labute approximate surface area is 63.7 Å². The Kier molecular flexibility index (Phi) is 4.77. The molecule has 0 rings (SSSR count). The zero-order chi connectivity index (χ0) is 7.28. The molecule has 0 unspecified atom stereocenters. The van der Waals surface area contributed by atoms with Crippen molar-refractivity contribution < 1.29 is 9.53 Å². The molecular formula is C6H11BrO2. The average molecular weight is 195 g/mol. The van der Waals surface area contributed by atoms with Gasteiger partial charge in [-0.05, 0) is 5.92 Å². The fourth-order valence-corrected chi connectivity index (χ4v) is 0.651. The molecule has 0 spiro atoms. The molecule has 0 N–H and O–H groups in total. The number of ether oxygens (including phenoxy) is 1. The van der Waals surface area contributed by atoms with Crippen molar-refractivity contribution in [3.8, 4) is 0 Å². The van der Waals surface area contributed by atoms with Crippen molar-refractivity contribution >= 4 is 21.9 Å². The summed E-state index contributed by atoms with van der Waals surface area (Å²) < 4.78 is 4.46. The third-order valence-electron chi connectivity index (χ3n) is 1.01. The Bertz CT molecular complexity index is 93.1. The van der Waals surface area contributed by atoms with Crippen LogP contribution in [0.3, 0.4) is 0 Å². The smallest absolute Gasteiger partial charge is 0.305 e. The third-order valence-corrected chi connectivity index (χ3v) is 2.11. The Balaban J connectivity index is 3.34.